The molecular weight excluding hydrogens is 316 g/mol. The lowest BCUT2D eigenvalue weighted by molar-refractivity contribution is -0.121. The molecule has 0 radical (unpaired) electrons. The molecule has 2 aromatic heterocycles. The van der Waals surface area contributed by atoms with Crippen molar-refractivity contribution in [1.29, 1.82) is 0 Å². The Bertz CT molecular complexity index is 804. The predicted molar refractivity (Wildman–Crippen MR) is 102 cm³/mol. The van der Waals surface area contributed by atoms with E-state index in [9.17, 15) is 4.79 Å². The lowest BCUT2D eigenvalue weighted by Gasteiger charge is -2.15. The molecule has 3 nitrogen and oxygen atoms in total. The number of aromatic nitrogens is 1. The van der Waals surface area contributed by atoms with Crippen molar-refractivity contribution in [2.24, 2.45) is 7.05 Å². The van der Waals surface area contributed by atoms with Crippen molar-refractivity contribution < 1.29 is 4.79 Å². The summed E-state index contributed by atoms with van der Waals surface area (Å²) in [6, 6.07) is 10.5. The van der Waals surface area contributed by atoms with E-state index in [1.807, 2.05) is 0 Å². The maximum atomic E-state index is 12.4. The van der Waals surface area contributed by atoms with Crippen LogP contribution in [0.2, 0.25) is 0 Å². The van der Waals surface area contributed by atoms with E-state index in [0.29, 0.717) is 6.42 Å². The fraction of sp³-hybridized carbons (Fsp3) is 0.350. The third-order valence-corrected chi connectivity index (χ3v) is 5.19. The first-order valence-electron chi connectivity index (χ1n) is 8.53. The summed E-state index contributed by atoms with van der Waals surface area (Å²) < 4.78 is 2.15. The van der Waals surface area contributed by atoms with Gasteiger partial charge in [-0.3, -0.25) is 4.79 Å². The normalized spacial score (nSPS) is 12.4. The molecule has 0 saturated heterocycles. The zero-order valence-electron chi connectivity index (χ0n) is 14.3. The Balaban J connectivity index is 1.92. The van der Waals surface area contributed by atoms with Gasteiger partial charge in [-0.25, -0.2) is 0 Å². The molecule has 0 aliphatic heterocycles. The van der Waals surface area contributed by atoms with Crippen molar-refractivity contribution in [2.75, 3.05) is 6.54 Å². The Kier molecular flexibility index (Phi) is 5.36. The summed E-state index contributed by atoms with van der Waals surface area (Å²) >= 11 is 1.68. The number of hydrogen-bond donors (Lipinski definition) is 1. The Morgan fingerprint density at radius 2 is 2.12 bits per heavy atom. The molecule has 1 atom stereocenters. The molecule has 24 heavy (non-hydrogen) atoms. The number of thiophene rings is 1. The maximum Gasteiger partial charge on any atom is 0.220 e. The average Bonchev–Trinajstić information content (AvgIpc) is 3.22. The molecule has 0 saturated carbocycles. The number of aryl methyl sites for hydroxylation is 1. The van der Waals surface area contributed by atoms with Crippen LogP contribution in [0, 0.1) is 0 Å². The number of unbranched alkanes of at least 4 members (excludes halogenated alkanes) is 1. The predicted octanol–water partition coefficient (Wildman–Crippen LogP) is 4.68. The zero-order chi connectivity index (χ0) is 16.9. The first-order chi connectivity index (χ1) is 11.7. The Morgan fingerprint density at radius 3 is 2.88 bits per heavy atom. The molecule has 0 aliphatic rings. The molecule has 3 aromatic rings. The molecule has 0 spiro atoms. The smallest absolute Gasteiger partial charge is 0.220 e. The minimum atomic E-state index is 0.101. The molecule has 0 bridgehead atoms. The lowest BCUT2D eigenvalue weighted by atomic mass is 9.89. The fourth-order valence-corrected chi connectivity index (χ4v) is 3.91. The van der Waals surface area contributed by atoms with E-state index < -0.39 is 0 Å². The van der Waals surface area contributed by atoms with Gasteiger partial charge in [0.15, 0.2) is 0 Å². The molecule has 1 unspecified atom stereocenters. The summed E-state index contributed by atoms with van der Waals surface area (Å²) in [6.07, 6.45) is 4.79. The van der Waals surface area contributed by atoms with Crippen molar-refractivity contribution in [3.05, 3.63) is 58.4 Å². The maximum absolute atomic E-state index is 12.4. The van der Waals surface area contributed by atoms with Crippen molar-refractivity contribution >= 4 is 28.1 Å². The fourth-order valence-electron chi connectivity index (χ4n) is 3.19. The number of hydrogen-bond acceptors (Lipinski definition) is 2. The molecule has 0 fully saturated rings. The van der Waals surface area contributed by atoms with Gasteiger partial charge >= 0.3 is 0 Å². The summed E-state index contributed by atoms with van der Waals surface area (Å²) in [7, 11) is 2.07. The van der Waals surface area contributed by atoms with Gasteiger partial charge in [0.05, 0.1) is 0 Å². The third-order valence-electron chi connectivity index (χ3n) is 4.49. The summed E-state index contributed by atoms with van der Waals surface area (Å²) in [5.41, 5.74) is 3.67. The second-order valence-corrected chi connectivity index (χ2v) is 7.01. The number of para-hydroxylation sites is 1. The standard InChI is InChI=1S/C20H24N2OS/c1-3-4-10-21-20(23)12-17(15-9-11-24-14-15)18-13-22(2)19-8-6-5-7-16(18)19/h5-9,11,13-14,17H,3-4,10,12H2,1-2H3,(H,21,23). The number of carbonyl (C=O) groups excluding carboxylic acids is 1. The van der Waals surface area contributed by atoms with Gasteiger partial charge in [0.1, 0.15) is 0 Å². The van der Waals surface area contributed by atoms with E-state index in [0.717, 1.165) is 19.4 Å². The summed E-state index contributed by atoms with van der Waals surface area (Å²) in [5.74, 6) is 0.233. The monoisotopic (exact) mass is 340 g/mol. The minimum Gasteiger partial charge on any atom is -0.356 e. The van der Waals surface area contributed by atoms with E-state index in [1.165, 1.54) is 22.0 Å². The number of amides is 1. The first kappa shape index (κ1) is 16.8. The molecule has 0 aliphatic carbocycles. The number of carbonyl (C=O) groups is 1. The van der Waals surface area contributed by atoms with Crippen LogP contribution in [0.5, 0.6) is 0 Å². The number of benzene rings is 1. The highest BCUT2D eigenvalue weighted by molar-refractivity contribution is 7.08. The van der Waals surface area contributed by atoms with Crippen LogP contribution in [0.3, 0.4) is 0 Å². The molecular formula is C20H24N2OS. The molecule has 1 aromatic carbocycles. The van der Waals surface area contributed by atoms with E-state index in [1.54, 1.807) is 11.3 Å². The number of rotatable bonds is 7. The van der Waals surface area contributed by atoms with Gasteiger partial charge in [0.25, 0.3) is 0 Å². The largest absolute Gasteiger partial charge is 0.356 e. The van der Waals surface area contributed by atoms with Crippen LogP contribution in [0.15, 0.2) is 47.3 Å². The highest BCUT2D eigenvalue weighted by Gasteiger charge is 2.22. The zero-order valence-corrected chi connectivity index (χ0v) is 15.1. The van der Waals surface area contributed by atoms with E-state index in [4.69, 9.17) is 0 Å². The van der Waals surface area contributed by atoms with Crippen molar-refractivity contribution in [1.82, 2.24) is 9.88 Å². The van der Waals surface area contributed by atoms with Crippen LogP contribution < -0.4 is 5.32 Å². The molecule has 3 rings (SSSR count). The SMILES string of the molecule is CCCCNC(=O)CC(c1ccsc1)c1cn(C)c2ccccc12. The number of nitrogens with one attached hydrogen (secondary N) is 1. The van der Waals surface area contributed by atoms with Crippen LogP contribution in [-0.4, -0.2) is 17.0 Å². The minimum absolute atomic E-state index is 0.101. The quantitative estimate of drug-likeness (QED) is 0.623. The Hall–Kier alpha value is -2.07. The van der Waals surface area contributed by atoms with Crippen LogP contribution >= 0.6 is 11.3 Å². The Morgan fingerprint density at radius 1 is 1.29 bits per heavy atom. The van der Waals surface area contributed by atoms with Crippen LogP contribution in [0.1, 0.15) is 43.2 Å². The number of fused-ring (bicyclic) bond motifs is 1. The highest BCUT2D eigenvalue weighted by atomic mass is 32.1. The molecule has 1 amide bonds. The van der Waals surface area contributed by atoms with Crippen LogP contribution in [0.4, 0.5) is 0 Å². The second-order valence-electron chi connectivity index (χ2n) is 6.23. The molecule has 1 N–H and O–H groups in total. The van der Waals surface area contributed by atoms with Crippen LogP contribution in [0.25, 0.3) is 10.9 Å². The average molecular weight is 340 g/mol. The Labute approximate surface area is 147 Å². The lowest BCUT2D eigenvalue weighted by Crippen LogP contribution is -2.26. The first-order valence-corrected chi connectivity index (χ1v) is 9.47. The van der Waals surface area contributed by atoms with Gasteiger partial charge in [0.2, 0.25) is 5.91 Å². The summed E-state index contributed by atoms with van der Waals surface area (Å²) in [6.45, 7) is 2.90. The van der Waals surface area contributed by atoms with Crippen LogP contribution in [-0.2, 0) is 11.8 Å². The second kappa shape index (κ2) is 7.67. The van der Waals surface area contributed by atoms with E-state index in [2.05, 4.69) is 71.1 Å². The van der Waals surface area contributed by atoms with Crippen molar-refractivity contribution in [3.63, 3.8) is 0 Å². The van der Waals surface area contributed by atoms with Gasteiger partial charge in [-0.15, -0.1) is 0 Å². The van der Waals surface area contributed by atoms with Crippen molar-refractivity contribution in [2.45, 2.75) is 32.1 Å². The van der Waals surface area contributed by atoms with Gasteiger partial charge in [-0.05, 0) is 40.4 Å². The summed E-state index contributed by atoms with van der Waals surface area (Å²) in [4.78, 5) is 12.4. The summed E-state index contributed by atoms with van der Waals surface area (Å²) in [5, 5.41) is 8.54. The highest BCUT2D eigenvalue weighted by Crippen LogP contribution is 2.35. The molecule has 2 heterocycles. The van der Waals surface area contributed by atoms with E-state index >= 15 is 0 Å². The van der Waals surface area contributed by atoms with E-state index in [-0.39, 0.29) is 11.8 Å². The van der Waals surface area contributed by atoms with Gasteiger partial charge in [-0.1, -0.05) is 31.5 Å². The molecule has 126 valence electrons. The number of nitrogens with zero attached hydrogens (tertiary/aromatic N) is 1. The van der Waals surface area contributed by atoms with Gasteiger partial charge in [-0.2, -0.15) is 11.3 Å². The molecule has 4 heteroatoms. The van der Waals surface area contributed by atoms with Gasteiger partial charge < -0.3 is 9.88 Å². The topological polar surface area (TPSA) is 34.0 Å². The third kappa shape index (κ3) is 3.54. The van der Waals surface area contributed by atoms with Gasteiger partial charge in [0, 0.05) is 43.0 Å². The van der Waals surface area contributed by atoms with Crippen molar-refractivity contribution in [3.8, 4) is 0 Å².